The molecule has 1 atom stereocenters. The molecule has 0 N–H and O–H groups in total. The highest BCUT2D eigenvalue weighted by atomic mass is 16.5. The Hall–Kier alpha value is -2.09. The lowest BCUT2D eigenvalue weighted by Gasteiger charge is -2.21. The van der Waals surface area contributed by atoms with Gasteiger partial charge in [-0.25, -0.2) is 0 Å². The fourth-order valence-corrected chi connectivity index (χ4v) is 2.79. The van der Waals surface area contributed by atoms with Crippen molar-refractivity contribution in [3.8, 4) is 0 Å². The molecular weight excluding hydrogens is 236 g/mol. The van der Waals surface area contributed by atoms with E-state index in [2.05, 4.69) is 24.3 Å². The number of hydrogen-bond donors (Lipinski definition) is 0. The molecule has 1 aliphatic rings. The monoisotopic (exact) mass is 252 g/mol. The fraction of sp³-hybridized carbons (Fsp3) is 0.235. The Morgan fingerprint density at radius 3 is 1.84 bits per heavy atom. The predicted molar refractivity (Wildman–Crippen MR) is 73.8 cm³/mol. The molecule has 1 unspecified atom stereocenters. The van der Waals surface area contributed by atoms with Crippen LogP contribution in [-0.2, 0) is 9.53 Å². The van der Waals surface area contributed by atoms with Gasteiger partial charge in [0.15, 0.2) is 0 Å². The number of hydrogen-bond acceptors (Lipinski definition) is 2. The third-order valence-corrected chi connectivity index (χ3v) is 3.70. The van der Waals surface area contributed by atoms with Gasteiger partial charge in [-0.3, -0.25) is 4.79 Å². The summed E-state index contributed by atoms with van der Waals surface area (Å²) in [5.41, 5.74) is 2.36. The lowest BCUT2D eigenvalue weighted by atomic mass is 9.80. The molecule has 1 fully saturated rings. The number of benzene rings is 2. The van der Waals surface area contributed by atoms with Crippen molar-refractivity contribution in [2.45, 2.75) is 12.3 Å². The number of cyclic esters (lactones) is 1. The van der Waals surface area contributed by atoms with Crippen LogP contribution in [0.1, 0.15) is 23.5 Å². The molecule has 2 aromatic carbocycles. The van der Waals surface area contributed by atoms with Gasteiger partial charge in [-0.05, 0) is 17.5 Å². The first-order valence-corrected chi connectivity index (χ1v) is 6.63. The topological polar surface area (TPSA) is 26.3 Å². The Kier molecular flexibility index (Phi) is 3.32. The summed E-state index contributed by atoms with van der Waals surface area (Å²) in [5.74, 6) is -0.0418. The van der Waals surface area contributed by atoms with Crippen molar-refractivity contribution in [2.75, 3.05) is 6.61 Å². The third-order valence-electron chi connectivity index (χ3n) is 3.70. The van der Waals surface area contributed by atoms with Crippen LogP contribution < -0.4 is 0 Å². The second-order valence-corrected chi connectivity index (χ2v) is 4.86. The molecule has 0 saturated carbocycles. The Bertz CT molecular complexity index is 508. The Balaban J connectivity index is 2.03. The Labute approximate surface area is 113 Å². The van der Waals surface area contributed by atoms with Gasteiger partial charge in [0.25, 0.3) is 0 Å². The van der Waals surface area contributed by atoms with E-state index >= 15 is 0 Å². The molecule has 1 aliphatic heterocycles. The maximum absolute atomic E-state index is 11.9. The second kappa shape index (κ2) is 5.27. The molecule has 1 saturated heterocycles. The number of rotatable bonds is 3. The van der Waals surface area contributed by atoms with Crippen LogP contribution >= 0.6 is 0 Å². The molecule has 0 spiro atoms. The van der Waals surface area contributed by atoms with E-state index < -0.39 is 0 Å². The van der Waals surface area contributed by atoms with Crippen LogP contribution in [0.2, 0.25) is 0 Å². The van der Waals surface area contributed by atoms with Crippen molar-refractivity contribution >= 4 is 5.97 Å². The molecule has 2 heteroatoms. The zero-order valence-electron chi connectivity index (χ0n) is 10.7. The second-order valence-electron chi connectivity index (χ2n) is 4.86. The molecule has 3 rings (SSSR count). The summed E-state index contributed by atoms with van der Waals surface area (Å²) in [6.07, 6.45) is 0.799. The first-order valence-electron chi connectivity index (χ1n) is 6.63. The van der Waals surface area contributed by atoms with E-state index in [1.165, 1.54) is 11.1 Å². The van der Waals surface area contributed by atoms with Crippen LogP contribution in [0.4, 0.5) is 0 Å². The van der Waals surface area contributed by atoms with Crippen LogP contribution in [0.5, 0.6) is 0 Å². The van der Waals surface area contributed by atoms with Gasteiger partial charge in [-0.1, -0.05) is 60.7 Å². The fourth-order valence-electron chi connectivity index (χ4n) is 2.79. The van der Waals surface area contributed by atoms with Gasteiger partial charge >= 0.3 is 5.97 Å². The normalized spacial score (nSPS) is 18.6. The third kappa shape index (κ3) is 2.39. The smallest absolute Gasteiger partial charge is 0.310 e. The highest BCUT2D eigenvalue weighted by Crippen LogP contribution is 2.37. The predicted octanol–water partition coefficient (Wildman–Crippen LogP) is 3.38. The molecule has 1 heterocycles. The molecule has 0 amide bonds. The average Bonchev–Trinajstić information content (AvgIpc) is 2.88. The molecule has 19 heavy (non-hydrogen) atoms. The maximum Gasteiger partial charge on any atom is 0.310 e. The van der Waals surface area contributed by atoms with E-state index in [0.717, 1.165) is 6.42 Å². The summed E-state index contributed by atoms with van der Waals surface area (Å²) in [5, 5.41) is 0. The van der Waals surface area contributed by atoms with E-state index in [-0.39, 0.29) is 17.8 Å². The number of ether oxygens (including phenoxy) is 1. The van der Waals surface area contributed by atoms with Gasteiger partial charge in [0.2, 0.25) is 0 Å². The van der Waals surface area contributed by atoms with E-state index in [1.54, 1.807) is 0 Å². The first kappa shape index (κ1) is 12.0. The minimum atomic E-state index is -0.0716. The highest BCUT2D eigenvalue weighted by molar-refractivity contribution is 5.76. The first-order chi connectivity index (χ1) is 9.36. The van der Waals surface area contributed by atoms with Gasteiger partial charge in [0.1, 0.15) is 0 Å². The number of carbonyl (C=O) groups is 1. The summed E-state index contributed by atoms with van der Waals surface area (Å²) >= 11 is 0. The largest absolute Gasteiger partial charge is 0.465 e. The molecule has 2 nitrogen and oxygen atoms in total. The zero-order chi connectivity index (χ0) is 13.1. The van der Waals surface area contributed by atoms with Crippen molar-refractivity contribution in [2.24, 2.45) is 5.92 Å². The lowest BCUT2D eigenvalue weighted by molar-refractivity contribution is -0.141. The minimum Gasteiger partial charge on any atom is -0.465 e. The Morgan fingerprint density at radius 1 is 0.895 bits per heavy atom. The van der Waals surface area contributed by atoms with E-state index in [9.17, 15) is 4.79 Å². The quantitative estimate of drug-likeness (QED) is 0.783. The van der Waals surface area contributed by atoms with E-state index in [0.29, 0.717) is 6.61 Å². The van der Waals surface area contributed by atoms with Crippen molar-refractivity contribution < 1.29 is 9.53 Å². The van der Waals surface area contributed by atoms with E-state index in [1.807, 2.05) is 36.4 Å². The Morgan fingerprint density at radius 2 is 1.42 bits per heavy atom. The lowest BCUT2D eigenvalue weighted by Crippen LogP contribution is -2.19. The average molecular weight is 252 g/mol. The molecule has 0 bridgehead atoms. The highest BCUT2D eigenvalue weighted by Gasteiger charge is 2.35. The summed E-state index contributed by atoms with van der Waals surface area (Å²) in [7, 11) is 0. The van der Waals surface area contributed by atoms with Gasteiger partial charge in [-0.2, -0.15) is 0 Å². The van der Waals surface area contributed by atoms with Crippen molar-refractivity contribution in [3.05, 3.63) is 71.8 Å². The molecule has 2 aromatic rings. The summed E-state index contributed by atoms with van der Waals surface area (Å²) in [6.45, 7) is 0.541. The summed E-state index contributed by atoms with van der Waals surface area (Å²) in [6, 6.07) is 20.4. The molecule has 0 aromatic heterocycles. The van der Waals surface area contributed by atoms with E-state index in [4.69, 9.17) is 4.74 Å². The SMILES string of the molecule is O=C1OCCC1C(c1ccccc1)c1ccccc1. The standard InChI is InChI=1S/C17H16O2/c18-17-15(11-12-19-17)16(13-7-3-1-4-8-13)14-9-5-2-6-10-14/h1-10,15-16H,11-12H2. The van der Waals surface area contributed by atoms with Gasteiger partial charge < -0.3 is 4.74 Å². The molecular formula is C17H16O2. The zero-order valence-corrected chi connectivity index (χ0v) is 10.7. The molecule has 0 radical (unpaired) electrons. The van der Waals surface area contributed by atoms with Crippen LogP contribution in [0.15, 0.2) is 60.7 Å². The van der Waals surface area contributed by atoms with Crippen LogP contribution in [0, 0.1) is 5.92 Å². The summed E-state index contributed by atoms with van der Waals surface area (Å²) < 4.78 is 5.15. The maximum atomic E-state index is 11.9. The number of esters is 1. The number of carbonyl (C=O) groups excluding carboxylic acids is 1. The van der Waals surface area contributed by atoms with Crippen molar-refractivity contribution in [1.82, 2.24) is 0 Å². The van der Waals surface area contributed by atoms with Crippen LogP contribution in [0.3, 0.4) is 0 Å². The van der Waals surface area contributed by atoms with Crippen LogP contribution in [0.25, 0.3) is 0 Å². The minimum absolute atomic E-state index is 0.0650. The summed E-state index contributed by atoms with van der Waals surface area (Å²) in [4.78, 5) is 11.9. The van der Waals surface area contributed by atoms with Gasteiger partial charge in [0.05, 0.1) is 12.5 Å². The van der Waals surface area contributed by atoms with Crippen molar-refractivity contribution in [3.63, 3.8) is 0 Å². The van der Waals surface area contributed by atoms with Gasteiger partial charge in [-0.15, -0.1) is 0 Å². The van der Waals surface area contributed by atoms with Gasteiger partial charge in [0, 0.05) is 5.92 Å². The molecule has 96 valence electrons. The molecule has 0 aliphatic carbocycles. The van der Waals surface area contributed by atoms with Crippen molar-refractivity contribution in [1.29, 1.82) is 0 Å². The van der Waals surface area contributed by atoms with Crippen LogP contribution in [-0.4, -0.2) is 12.6 Å².